The van der Waals surface area contributed by atoms with Gasteiger partial charge in [-0.05, 0) is 50.1 Å². The summed E-state index contributed by atoms with van der Waals surface area (Å²) in [4.78, 5) is 12.1. The van der Waals surface area contributed by atoms with E-state index < -0.39 is 0 Å². The number of halogens is 1. The van der Waals surface area contributed by atoms with Gasteiger partial charge in [0.1, 0.15) is 6.04 Å². The van der Waals surface area contributed by atoms with E-state index in [9.17, 15) is 0 Å². The van der Waals surface area contributed by atoms with E-state index in [-0.39, 0.29) is 12.1 Å². The van der Waals surface area contributed by atoms with E-state index in [0.717, 1.165) is 28.6 Å². The molecule has 29 heavy (non-hydrogen) atoms. The minimum absolute atomic E-state index is 0.0345. The summed E-state index contributed by atoms with van der Waals surface area (Å²) in [5, 5.41) is 1.67. The van der Waals surface area contributed by atoms with Crippen LogP contribution in [0.1, 0.15) is 50.5 Å². The van der Waals surface area contributed by atoms with Crippen molar-refractivity contribution in [1.82, 2.24) is 9.88 Å². The van der Waals surface area contributed by atoms with Gasteiger partial charge >= 0.3 is 0 Å². The molecule has 0 saturated carbocycles. The molecule has 0 aliphatic carbocycles. The highest BCUT2D eigenvalue weighted by atomic mass is 35.5. The van der Waals surface area contributed by atoms with Crippen LogP contribution in [0, 0.1) is 0 Å². The molecular weight excluding hydrogens is 406 g/mol. The summed E-state index contributed by atoms with van der Waals surface area (Å²) in [6, 6.07) is 10.5. The quantitative estimate of drug-likeness (QED) is 0.578. The average molecular weight is 432 g/mol. The number of rotatable bonds is 7. The van der Waals surface area contributed by atoms with E-state index in [0.29, 0.717) is 35.8 Å². The molecule has 7 heteroatoms. The smallest absolute Gasteiger partial charge is 0.179 e. The first kappa shape index (κ1) is 20.4. The van der Waals surface area contributed by atoms with E-state index in [1.165, 1.54) is 0 Å². The minimum Gasteiger partial charge on any atom is -0.490 e. The molecule has 1 saturated heterocycles. The van der Waals surface area contributed by atoms with Crippen LogP contribution in [-0.2, 0) is 0 Å². The molecule has 3 unspecified atom stereocenters. The van der Waals surface area contributed by atoms with Crippen molar-refractivity contribution in [2.75, 3.05) is 19.0 Å². The van der Waals surface area contributed by atoms with E-state index in [4.69, 9.17) is 26.1 Å². The summed E-state index contributed by atoms with van der Waals surface area (Å²) >= 11 is 8.48. The van der Waals surface area contributed by atoms with Gasteiger partial charge < -0.3 is 14.4 Å². The normalized spacial score (nSPS) is 23.1. The number of aliphatic imine (C=N–C) groups is 1. The molecule has 2 aliphatic rings. The van der Waals surface area contributed by atoms with Crippen LogP contribution in [0.3, 0.4) is 0 Å². The predicted molar refractivity (Wildman–Crippen MR) is 119 cm³/mol. The van der Waals surface area contributed by atoms with Gasteiger partial charge in [-0.15, -0.1) is 0 Å². The summed E-state index contributed by atoms with van der Waals surface area (Å²) in [6.45, 7) is 7.23. The highest BCUT2D eigenvalue weighted by Gasteiger charge is 2.45. The third-order valence-electron chi connectivity index (χ3n) is 5.29. The molecule has 154 valence electrons. The summed E-state index contributed by atoms with van der Waals surface area (Å²) in [5.74, 6) is 2.35. The van der Waals surface area contributed by atoms with Crippen LogP contribution < -0.4 is 9.47 Å². The molecular formula is C22H26ClN3O2S. The first-order chi connectivity index (χ1) is 14.2. The first-order valence-electron chi connectivity index (χ1n) is 10.2. The van der Waals surface area contributed by atoms with Crippen LogP contribution in [-0.4, -0.2) is 40.1 Å². The summed E-state index contributed by atoms with van der Waals surface area (Å²) < 4.78 is 11.7. The van der Waals surface area contributed by atoms with Crippen molar-refractivity contribution in [3.05, 3.63) is 52.8 Å². The summed E-state index contributed by atoms with van der Waals surface area (Å²) in [6.07, 6.45) is 2.90. The SMILES string of the molecule is CCOc1cc(C2C(c3ccccn3)N=C3SCC(CC)N32)cc(Cl)c1OCC. The molecule has 2 aliphatic heterocycles. The topological polar surface area (TPSA) is 47.0 Å². The highest BCUT2D eigenvalue weighted by Crippen LogP contribution is 2.50. The van der Waals surface area contributed by atoms with Gasteiger partial charge in [0.15, 0.2) is 16.7 Å². The van der Waals surface area contributed by atoms with Gasteiger partial charge in [-0.25, -0.2) is 0 Å². The number of hydrogen-bond donors (Lipinski definition) is 0. The minimum atomic E-state index is -0.0727. The molecule has 0 N–H and O–H groups in total. The lowest BCUT2D eigenvalue weighted by Gasteiger charge is -2.32. The molecule has 1 fully saturated rings. The van der Waals surface area contributed by atoms with Gasteiger partial charge in [0, 0.05) is 18.0 Å². The molecule has 3 heterocycles. The van der Waals surface area contributed by atoms with Gasteiger partial charge in [-0.2, -0.15) is 0 Å². The number of nitrogens with zero attached hydrogens (tertiary/aromatic N) is 3. The van der Waals surface area contributed by atoms with Gasteiger partial charge in [0.2, 0.25) is 0 Å². The van der Waals surface area contributed by atoms with E-state index in [1.807, 2.05) is 50.0 Å². The Kier molecular flexibility index (Phi) is 6.20. The van der Waals surface area contributed by atoms with Crippen LogP contribution in [0.15, 0.2) is 41.5 Å². The number of thioether (sulfide) groups is 1. The Morgan fingerprint density at radius 1 is 1.17 bits per heavy atom. The Morgan fingerprint density at radius 2 is 2.00 bits per heavy atom. The third-order valence-corrected chi connectivity index (χ3v) is 6.70. The zero-order valence-corrected chi connectivity index (χ0v) is 18.5. The second-order valence-electron chi connectivity index (χ2n) is 7.03. The van der Waals surface area contributed by atoms with Crippen LogP contribution in [0.4, 0.5) is 0 Å². The second-order valence-corrected chi connectivity index (χ2v) is 8.43. The average Bonchev–Trinajstić information content (AvgIpc) is 3.30. The highest BCUT2D eigenvalue weighted by molar-refractivity contribution is 8.14. The Morgan fingerprint density at radius 3 is 2.69 bits per heavy atom. The fourth-order valence-corrected chi connectivity index (χ4v) is 5.63. The fraction of sp³-hybridized carbons (Fsp3) is 0.455. The Bertz CT molecular complexity index is 893. The zero-order valence-electron chi connectivity index (χ0n) is 17.0. The monoisotopic (exact) mass is 431 g/mol. The van der Waals surface area contributed by atoms with Gasteiger partial charge in [-0.3, -0.25) is 9.98 Å². The lowest BCUT2D eigenvalue weighted by molar-refractivity contribution is 0.252. The number of amidine groups is 1. The van der Waals surface area contributed by atoms with Crippen LogP contribution in [0.2, 0.25) is 5.02 Å². The van der Waals surface area contributed by atoms with Gasteiger partial charge in [0.25, 0.3) is 0 Å². The number of hydrogen-bond acceptors (Lipinski definition) is 6. The first-order valence-corrected chi connectivity index (χ1v) is 11.5. The lowest BCUT2D eigenvalue weighted by Crippen LogP contribution is -2.35. The van der Waals surface area contributed by atoms with Gasteiger partial charge in [-0.1, -0.05) is 36.4 Å². The molecule has 1 aromatic carbocycles. The standard InChI is InChI=1S/C22H26ClN3O2S/c1-4-15-13-29-22-25-19(17-9-7-8-10-24-17)20(26(15)22)14-11-16(23)21(28-6-3)18(12-14)27-5-2/h7-12,15,19-20H,4-6,13H2,1-3H3. The molecule has 1 aromatic heterocycles. The fourth-order valence-electron chi connectivity index (χ4n) is 4.02. The van der Waals surface area contributed by atoms with Crippen molar-refractivity contribution in [2.24, 2.45) is 4.99 Å². The predicted octanol–water partition coefficient (Wildman–Crippen LogP) is 5.51. The Labute approximate surface area is 181 Å². The Balaban J connectivity index is 1.81. The van der Waals surface area contributed by atoms with E-state index in [1.54, 1.807) is 0 Å². The maximum absolute atomic E-state index is 6.65. The zero-order chi connectivity index (χ0) is 20.4. The largest absolute Gasteiger partial charge is 0.490 e. The maximum atomic E-state index is 6.65. The van der Waals surface area contributed by atoms with Crippen LogP contribution >= 0.6 is 23.4 Å². The van der Waals surface area contributed by atoms with Gasteiger partial charge in [0.05, 0.1) is 30.0 Å². The summed E-state index contributed by atoms with van der Waals surface area (Å²) in [7, 11) is 0. The molecule has 2 aromatic rings. The van der Waals surface area contributed by atoms with Crippen molar-refractivity contribution in [1.29, 1.82) is 0 Å². The third kappa shape index (κ3) is 3.80. The molecule has 0 bridgehead atoms. The van der Waals surface area contributed by atoms with Crippen molar-refractivity contribution >= 4 is 28.5 Å². The second kappa shape index (κ2) is 8.84. The number of fused-ring (bicyclic) bond motifs is 1. The number of benzene rings is 1. The van der Waals surface area contributed by atoms with E-state index in [2.05, 4.69) is 28.9 Å². The van der Waals surface area contributed by atoms with Crippen LogP contribution in [0.25, 0.3) is 0 Å². The van der Waals surface area contributed by atoms with Crippen molar-refractivity contribution < 1.29 is 9.47 Å². The molecule has 0 amide bonds. The molecule has 4 rings (SSSR count). The number of aromatic nitrogens is 1. The molecule has 5 nitrogen and oxygen atoms in total. The lowest BCUT2D eigenvalue weighted by atomic mass is 9.95. The van der Waals surface area contributed by atoms with Crippen molar-refractivity contribution in [3.63, 3.8) is 0 Å². The number of ether oxygens (including phenoxy) is 2. The van der Waals surface area contributed by atoms with Crippen LogP contribution in [0.5, 0.6) is 11.5 Å². The summed E-state index contributed by atoms with van der Waals surface area (Å²) in [5.41, 5.74) is 2.05. The Hall–Kier alpha value is -1.92. The maximum Gasteiger partial charge on any atom is 0.179 e. The number of pyridine rings is 1. The van der Waals surface area contributed by atoms with Crippen molar-refractivity contribution in [2.45, 2.75) is 45.3 Å². The van der Waals surface area contributed by atoms with Crippen molar-refractivity contribution in [3.8, 4) is 11.5 Å². The molecule has 0 radical (unpaired) electrons. The molecule has 3 atom stereocenters. The molecule has 0 spiro atoms. The van der Waals surface area contributed by atoms with E-state index >= 15 is 0 Å².